The van der Waals surface area contributed by atoms with Gasteiger partial charge in [0, 0.05) is 10.0 Å². The maximum absolute atomic E-state index is 5.91. The predicted molar refractivity (Wildman–Crippen MR) is 83.5 cm³/mol. The zero-order valence-electron chi connectivity index (χ0n) is 11.5. The average molecular weight is 333 g/mol. The number of fused-ring (bicyclic) bond motifs is 1. The van der Waals surface area contributed by atoms with Crippen LogP contribution in [0.2, 0.25) is 0 Å². The minimum atomic E-state index is 0.538. The summed E-state index contributed by atoms with van der Waals surface area (Å²) in [6, 6.07) is 12.4. The lowest BCUT2D eigenvalue weighted by Gasteiger charge is -2.10. The highest BCUT2D eigenvalue weighted by molar-refractivity contribution is 9.10. The summed E-state index contributed by atoms with van der Waals surface area (Å²) in [5.74, 6) is 1.79. The lowest BCUT2D eigenvalue weighted by molar-refractivity contribution is 0.304. The molecule has 0 spiro atoms. The molecule has 2 aromatic rings. The van der Waals surface area contributed by atoms with E-state index in [0.717, 1.165) is 21.5 Å². The molecule has 104 valence electrons. The van der Waals surface area contributed by atoms with Gasteiger partial charge in [-0.3, -0.25) is 0 Å². The Kier molecular flexibility index (Phi) is 3.97. The van der Waals surface area contributed by atoms with Gasteiger partial charge in [0.25, 0.3) is 0 Å². The standard InChI is InChI=1S/C17H17BrO2/c1-19-15-7-8-17(18)14(10-15)11-20-16-6-5-12-3-2-4-13(12)9-16/h5-10H,2-4,11H2,1H3. The summed E-state index contributed by atoms with van der Waals surface area (Å²) in [4.78, 5) is 0. The molecule has 0 radical (unpaired) electrons. The molecule has 0 aromatic heterocycles. The fourth-order valence-electron chi connectivity index (χ4n) is 2.59. The number of rotatable bonds is 4. The Morgan fingerprint density at radius 2 is 1.80 bits per heavy atom. The van der Waals surface area contributed by atoms with Gasteiger partial charge in [-0.1, -0.05) is 22.0 Å². The predicted octanol–water partition coefficient (Wildman–Crippen LogP) is 4.53. The van der Waals surface area contributed by atoms with Crippen molar-refractivity contribution in [1.82, 2.24) is 0 Å². The molecule has 0 saturated carbocycles. The third-order valence-corrected chi connectivity index (χ3v) is 4.49. The van der Waals surface area contributed by atoms with E-state index < -0.39 is 0 Å². The Balaban J connectivity index is 1.73. The monoisotopic (exact) mass is 332 g/mol. The van der Waals surface area contributed by atoms with E-state index in [1.807, 2.05) is 18.2 Å². The van der Waals surface area contributed by atoms with Crippen LogP contribution in [-0.4, -0.2) is 7.11 Å². The van der Waals surface area contributed by atoms with Gasteiger partial charge in [0.2, 0.25) is 0 Å². The lowest BCUT2D eigenvalue weighted by atomic mass is 10.1. The molecule has 1 aliphatic carbocycles. The van der Waals surface area contributed by atoms with E-state index in [9.17, 15) is 0 Å². The van der Waals surface area contributed by atoms with Gasteiger partial charge in [-0.15, -0.1) is 0 Å². The van der Waals surface area contributed by atoms with Gasteiger partial charge >= 0.3 is 0 Å². The summed E-state index contributed by atoms with van der Waals surface area (Å²) in [6.07, 6.45) is 3.65. The molecule has 0 bridgehead atoms. The Labute approximate surface area is 127 Å². The van der Waals surface area contributed by atoms with Crippen molar-refractivity contribution in [2.24, 2.45) is 0 Å². The second-order valence-corrected chi connectivity index (χ2v) is 5.88. The van der Waals surface area contributed by atoms with E-state index >= 15 is 0 Å². The van der Waals surface area contributed by atoms with Crippen LogP contribution in [0.25, 0.3) is 0 Å². The molecule has 2 nitrogen and oxygen atoms in total. The first-order valence-electron chi connectivity index (χ1n) is 6.83. The number of ether oxygens (including phenoxy) is 2. The molecule has 3 heteroatoms. The molecule has 0 N–H and O–H groups in total. The van der Waals surface area contributed by atoms with Crippen molar-refractivity contribution in [3.63, 3.8) is 0 Å². The van der Waals surface area contributed by atoms with Gasteiger partial charge < -0.3 is 9.47 Å². The van der Waals surface area contributed by atoms with Gasteiger partial charge in [0.1, 0.15) is 18.1 Å². The Morgan fingerprint density at radius 1 is 1.00 bits per heavy atom. The largest absolute Gasteiger partial charge is 0.497 e. The van der Waals surface area contributed by atoms with Crippen molar-refractivity contribution < 1.29 is 9.47 Å². The van der Waals surface area contributed by atoms with Crippen LogP contribution in [0.3, 0.4) is 0 Å². The van der Waals surface area contributed by atoms with E-state index in [1.54, 1.807) is 7.11 Å². The summed E-state index contributed by atoms with van der Waals surface area (Å²) in [5, 5.41) is 0. The lowest BCUT2D eigenvalue weighted by Crippen LogP contribution is -1.98. The molecule has 0 amide bonds. The first-order chi connectivity index (χ1) is 9.76. The maximum atomic E-state index is 5.91. The molecule has 0 unspecified atom stereocenters. The smallest absolute Gasteiger partial charge is 0.120 e. The first-order valence-corrected chi connectivity index (χ1v) is 7.62. The van der Waals surface area contributed by atoms with Gasteiger partial charge in [-0.25, -0.2) is 0 Å². The molecule has 2 aromatic carbocycles. The number of aryl methyl sites for hydroxylation is 2. The van der Waals surface area contributed by atoms with Crippen molar-refractivity contribution in [1.29, 1.82) is 0 Å². The highest BCUT2D eigenvalue weighted by Crippen LogP contribution is 2.28. The summed E-state index contributed by atoms with van der Waals surface area (Å²) in [6.45, 7) is 0.538. The maximum Gasteiger partial charge on any atom is 0.120 e. The van der Waals surface area contributed by atoms with Crippen molar-refractivity contribution in [3.8, 4) is 11.5 Å². The van der Waals surface area contributed by atoms with E-state index in [1.165, 1.54) is 30.4 Å². The van der Waals surface area contributed by atoms with Gasteiger partial charge in [-0.2, -0.15) is 0 Å². The Hall–Kier alpha value is -1.48. The van der Waals surface area contributed by atoms with E-state index in [-0.39, 0.29) is 0 Å². The molecule has 20 heavy (non-hydrogen) atoms. The second-order valence-electron chi connectivity index (χ2n) is 5.03. The van der Waals surface area contributed by atoms with Gasteiger partial charge in [0.05, 0.1) is 7.11 Å². The quantitative estimate of drug-likeness (QED) is 0.819. The summed E-state index contributed by atoms with van der Waals surface area (Å²) >= 11 is 3.55. The van der Waals surface area contributed by atoms with Crippen LogP contribution in [0.4, 0.5) is 0 Å². The average Bonchev–Trinajstić information content (AvgIpc) is 2.94. The third kappa shape index (κ3) is 2.83. The van der Waals surface area contributed by atoms with Crippen LogP contribution >= 0.6 is 15.9 Å². The Bertz CT molecular complexity index is 622. The summed E-state index contributed by atoms with van der Waals surface area (Å²) < 4.78 is 12.2. The van der Waals surface area contributed by atoms with E-state index in [2.05, 4.69) is 34.1 Å². The number of benzene rings is 2. The van der Waals surface area contributed by atoms with Gasteiger partial charge in [-0.05, 0) is 60.7 Å². The first kappa shape index (κ1) is 13.5. The summed E-state index contributed by atoms with van der Waals surface area (Å²) in [5.41, 5.74) is 4.00. The van der Waals surface area contributed by atoms with Crippen molar-refractivity contribution in [2.45, 2.75) is 25.9 Å². The number of hydrogen-bond donors (Lipinski definition) is 0. The van der Waals surface area contributed by atoms with Crippen LogP contribution in [-0.2, 0) is 19.4 Å². The van der Waals surface area contributed by atoms with E-state index in [0.29, 0.717) is 6.61 Å². The Morgan fingerprint density at radius 3 is 2.65 bits per heavy atom. The van der Waals surface area contributed by atoms with E-state index in [4.69, 9.17) is 9.47 Å². The number of hydrogen-bond acceptors (Lipinski definition) is 2. The molecule has 1 aliphatic rings. The minimum Gasteiger partial charge on any atom is -0.497 e. The topological polar surface area (TPSA) is 18.5 Å². The van der Waals surface area contributed by atoms with Crippen LogP contribution in [0, 0.1) is 0 Å². The highest BCUT2D eigenvalue weighted by Gasteiger charge is 2.11. The molecular weight excluding hydrogens is 316 g/mol. The van der Waals surface area contributed by atoms with Crippen molar-refractivity contribution in [2.75, 3.05) is 7.11 Å². The normalized spacial score (nSPS) is 13.1. The fraction of sp³-hybridized carbons (Fsp3) is 0.294. The molecule has 0 fully saturated rings. The van der Waals surface area contributed by atoms with Crippen molar-refractivity contribution in [3.05, 3.63) is 57.6 Å². The molecule has 3 rings (SSSR count). The molecular formula is C17H17BrO2. The summed E-state index contributed by atoms with van der Waals surface area (Å²) in [7, 11) is 1.67. The van der Waals surface area contributed by atoms with Gasteiger partial charge in [0.15, 0.2) is 0 Å². The van der Waals surface area contributed by atoms with Crippen LogP contribution in [0.5, 0.6) is 11.5 Å². The van der Waals surface area contributed by atoms with Crippen molar-refractivity contribution >= 4 is 15.9 Å². The second kappa shape index (κ2) is 5.88. The zero-order chi connectivity index (χ0) is 13.9. The van der Waals surface area contributed by atoms with Crippen LogP contribution in [0.1, 0.15) is 23.1 Å². The molecule has 0 heterocycles. The fourth-order valence-corrected chi connectivity index (χ4v) is 2.95. The highest BCUT2D eigenvalue weighted by atomic mass is 79.9. The SMILES string of the molecule is COc1ccc(Br)c(COc2ccc3c(c2)CCC3)c1. The van der Waals surface area contributed by atoms with Crippen LogP contribution in [0.15, 0.2) is 40.9 Å². The number of halogens is 1. The third-order valence-electron chi connectivity index (χ3n) is 3.72. The number of methoxy groups -OCH3 is 1. The minimum absolute atomic E-state index is 0.538. The molecule has 0 aliphatic heterocycles. The zero-order valence-corrected chi connectivity index (χ0v) is 13.1. The molecule has 0 saturated heterocycles. The molecule has 0 atom stereocenters. The van der Waals surface area contributed by atoms with Crippen LogP contribution < -0.4 is 9.47 Å².